The largest absolute Gasteiger partial charge is 0.504 e. The molecule has 0 aliphatic heterocycles. The first kappa shape index (κ1) is 20.5. The van der Waals surface area contributed by atoms with Gasteiger partial charge in [-0.2, -0.15) is 0 Å². The van der Waals surface area contributed by atoms with Gasteiger partial charge in [0.05, 0.1) is 7.11 Å². The van der Waals surface area contributed by atoms with Crippen molar-refractivity contribution in [2.45, 2.75) is 39.2 Å². The van der Waals surface area contributed by atoms with Crippen LogP contribution in [-0.2, 0) is 19.7 Å². The van der Waals surface area contributed by atoms with Gasteiger partial charge in [0.1, 0.15) is 6.23 Å². The van der Waals surface area contributed by atoms with E-state index in [4.69, 9.17) is 13.6 Å². The predicted molar refractivity (Wildman–Crippen MR) is 100 cm³/mol. The number of hydrogen-bond donors (Lipinski definition) is 1. The average molecular weight is 369 g/mol. The van der Waals surface area contributed by atoms with Crippen LogP contribution in [0.5, 0.6) is 11.5 Å². The van der Waals surface area contributed by atoms with Crippen molar-refractivity contribution in [3.63, 3.8) is 0 Å². The minimum atomic E-state index is -2.14. The van der Waals surface area contributed by atoms with Crippen LogP contribution < -0.4 is 4.74 Å². The van der Waals surface area contributed by atoms with E-state index < -0.39 is 16.6 Å². The summed E-state index contributed by atoms with van der Waals surface area (Å²) < 4.78 is 16.9. The molecule has 24 heavy (non-hydrogen) atoms. The van der Waals surface area contributed by atoms with E-state index in [-0.39, 0.29) is 11.7 Å². The van der Waals surface area contributed by atoms with Crippen molar-refractivity contribution >= 4 is 22.6 Å². The summed E-state index contributed by atoms with van der Waals surface area (Å²) in [6.07, 6.45) is 0.314. The second-order valence-electron chi connectivity index (χ2n) is 7.16. The van der Waals surface area contributed by atoms with Gasteiger partial charge in [0.25, 0.3) is 0 Å². The molecule has 0 unspecified atom stereocenters. The lowest BCUT2D eigenvalue weighted by atomic mass is 10.2. The van der Waals surface area contributed by atoms with Gasteiger partial charge in [-0.25, -0.2) is 4.79 Å². The van der Waals surface area contributed by atoms with Gasteiger partial charge in [0.15, 0.2) is 19.8 Å². The molecule has 0 saturated carbocycles. The molecular formula is C17H28O5Si2. The van der Waals surface area contributed by atoms with Crippen molar-refractivity contribution in [1.82, 2.24) is 0 Å². The molecule has 0 aliphatic rings. The minimum absolute atomic E-state index is 0.128. The van der Waals surface area contributed by atoms with Crippen molar-refractivity contribution in [3.8, 4) is 11.5 Å². The second-order valence-corrected chi connectivity index (χ2v) is 15.7. The molecule has 0 aromatic heterocycles. The molecule has 0 heterocycles. The fourth-order valence-corrected chi connectivity index (χ4v) is 10.7. The molecule has 0 saturated heterocycles. The smallest absolute Gasteiger partial charge is 0.332 e. The fraction of sp³-hybridized carbons (Fsp3) is 0.471. The molecule has 1 aromatic carbocycles. The molecule has 0 fully saturated rings. The molecule has 0 spiro atoms. The number of aromatic hydroxyl groups is 1. The number of benzene rings is 1. The average Bonchev–Trinajstić information content (AvgIpc) is 2.45. The topological polar surface area (TPSA) is 65.0 Å². The number of rotatable bonds is 8. The Labute approximate surface area is 146 Å². The third kappa shape index (κ3) is 6.50. The van der Waals surface area contributed by atoms with Gasteiger partial charge in [0, 0.05) is 5.57 Å². The Hall–Kier alpha value is -1.58. The van der Waals surface area contributed by atoms with E-state index in [0.29, 0.717) is 17.6 Å². The Morgan fingerprint density at radius 3 is 2.38 bits per heavy atom. The highest BCUT2D eigenvalue weighted by atomic mass is 28.4. The van der Waals surface area contributed by atoms with E-state index in [0.717, 1.165) is 11.6 Å². The summed E-state index contributed by atoms with van der Waals surface area (Å²) in [4.78, 5) is 11.6. The summed E-state index contributed by atoms with van der Waals surface area (Å²) in [6, 6.07) is 6.14. The van der Waals surface area contributed by atoms with Crippen LogP contribution in [0.15, 0.2) is 30.4 Å². The first-order valence-corrected chi connectivity index (χ1v) is 14.1. The Morgan fingerprint density at radius 1 is 1.21 bits per heavy atom. The zero-order valence-electron chi connectivity index (χ0n) is 15.4. The SMILES string of the molecule is C=C(C)C(=O)OC[Si](C)(C)O[Si](C)(C)Cc1ccc(O)c(OC)c1. The number of carbonyl (C=O) groups excluding carboxylic acids is 1. The lowest BCUT2D eigenvalue weighted by Gasteiger charge is -2.33. The van der Waals surface area contributed by atoms with Crippen molar-refractivity contribution in [1.29, 1.82) is 0 Å². The zero-order chi connectivity index (χ0) is 18.5. The van der Waals surface area contributed by atoms with Crippen LogP contribution in [0.3, 0.4) is 0 Å². The van der Waals surface area contributed by atoms with E-state index in [2.05, 4.69) is 19.7 Å². The number of ether oxygens (including phenoxy) is 2. The molecule has 0 atom stereocenters. The number of phenols is 1. The van der Waals surface area contributed by atoms with Crippen LogP contribution in [-0.4, -0.2) is 41.1 Å². The van der Waals surface area contributed by atoms with Gasteiger partial charge in [0.2, 0.25) is 8.32 Å². The third-order valence-corrected chi connectivity index (χ3v) is 9.85. The second kappa shape index (κ2) is 8.00. The summed E-state index contributed by atoms with van der Waals surface area (Å²) >= 11 is 0. The number of carbonyl (C=O) groups is 1. The van der Waals surface area contributed by atoms with E-state index in [1.807, 2.05) is 25.2 Å². The first-order valence-electron chi connectivity index (χ1n) is 7.84. The number of methoxy groups -OCH3 is 1. The molecule has 1 rings (SSSR count). The first-order chi connectivity index (χ1) is 11.0. The van der Waals surface area contributed by atoms with Crippen molar-refractivity contribution in [3.05, 3.63) is 35.9 Å². The predicted octanol–water partition coefficient (Wildman–Crippen LogP) is 3.57. The summed E-state index contributed by atoms with van der Waals surface area (Å²) in [5.41, 5.74) is 1.46. The van der Waals surface area contributed by atoms with Gasteiger partial charge < -0.3 is 18.7 Å². The van der Waals surface area contributed by atoms with Gasteiger partial charge in [-0.3, -0.25) is 0 Å². The maximum atomic E-state index is 11.6. The normalized spacial score (nSPS) is 11.9. The van der Waals surface area contributed by atoms with Crippen molar-refractivity contribution in [2.75, 3.05) is 13.3 Å². The molecule has 0 aliphatic carbocycles. The Morgan fingerprint density at radius 2 is 1.83 bits per heavy atom. The van der Waals surface area contributed by atoms with E-state index in [1.54, 1.807) is 13.0 Å². The van der Waals surface area contributed by atoms with Gasteiger partial charge in [-0.1, -0.05) is 12.6 Å². The summed E-state index contributed by atoms with van der Waals surface area (Å²) in [5.74, 6) is 0.217. The molecule has 1 aromatic rings. The zero-order valence-corrected chi connectivity index (χ0v) is 17.4. The van der Waals surface area contributed by atoms with Crippen LogP contribution in [0.25, 0.3) is 0 Å². The number of hydrogen-bond acceptors (Lipinski definition) is 5. The highest BCUT2D eigenvalue weighted by molar-refractivity contribution is 6.84. The lowest BCUT2D eigenvalue weighted by molar-refractivity contribution is -0.137. The van der Waals surface area contributed by atoms with Crippen molar-refractivity contribution in [2.24, 2.45) is 0 Å². The number of esters is 1. The van der Waals surface area contributed by atoms with Crippen molar-refractivity contribution < 1.29 is 23.5 Å². The van der Waals surface area contributed by atoms with Gasteiger partial charge >= 0.3 is 5.97 Å². The van der Waals surface area contributed by atoms with E-state index in [1.165, 1.54) is 7.11 Å². The fourth-order valence-electron chi connectivity index (χ4n) is 2.50. The van der Waals surface area contributed by atoms with Gasteiger partial charge in [-0.05, 0) is 56.9 Å². The monoisotopic (exact) mass is 368 g/mol. The van der Waals surface area contributed by atoms with Gasteiger partial charge in [-0.15, -0.1) is 0 Å². The van der Waals surface area contributed by atoms with Crippen LogP contribution in [0.2, 0.25) is 26.2 Å². The third-order valence-electron chi connectivity index (χ3n) is 3.33. The molecule has 0 amide bonds. The number of phenolic OH excluding ortho intramolecular Hbond substituents is 1. The Balaban J connectivity index is 2.73. The summed E-state index contributed by atoms with van der Waals surface area (Å²) in [5, 5.41) is 9.69. The molecule has 0 radical (unpaired) electrons. The molecule has 0 bridgehead atoms. The highest BCUT2D eigenvalue weighted by Crippen LogP contribution is 2.28. The van der Waals surface area contributed by atoms with E-state index >= 15 is 0 Å². The molecule has 7 heteroatoms. The van der Waals surface area contributed by atoms with Crippen LogP contribution in [0.1, 0.15) is 12.5 Å². The maximum absolute atomic E-state index is 11.6. The van der Waals surface area contributed by atoms with E-state index in [9.17, 15) is 9.90 Å². The molecular weight excluding hydrogens is 340 g/mol. The van der Waals surface area contributed by atoms with Crippen LogP contribution >= 0.6 is 0 Å². The molecule has 134 valence electrons. The highest BCUT2D eigenvalue weighted by Gasteiger charge is 2.34. The minimum Gasteiger partial charge on any atom is -0.504 e. The lowest BCUT2D eigenvalue weighted by Crippen LogP contribution is -2.49. The maximum Gasteiger partial charge on any atom is 0.332 e. The standard InChI is InChI=1S/C17H28O5Si2/c1-13(2)17(19)21-12-24(6,7)22-23(4,5)11-14-8-9-15(18)16(10-14)20-3/h8-10,18H,1,11-12H2,2-7H3. The van der Waals surface area contributed by atoms with Crippen LogP contribution in [0.4, 0.5) is 0 Å². The molecule has 5 nitrogen and oxygen atoms in total. The summed E-state index contributed by atoms with van der Waals surface area (Å²) in [6.45, 7) is 13.6. The quantitative estimate of drug-likeness (QED) is 0.432. The van der Waals surface area contributed by atoms with Crippen LogP contribution in [0, 0.1) is 0 Å². The molecule has 1 N–H and O–H groups in total. The Bertz CT molecular complexity index is 611. The summed E-state index contributed by atoms with van der Waals surface area (Å²) in [7, 11) is -2.63. The Kier molecular flexibility index (Phi) is 6.82.